The fourth-order valence-corrected chi connectivity index (χ4v) is 8.07. The number of hydrogen-bond acceptors (Lipinski definition) is 10. The largest absolute Gasteiger partial charge is 0.469 e. The smallest absolute Gasteiger partial charge is 0.358 e. The van der Waals surface area contributed by atoms with Crippen LogP contribution in [0.3, 0.4) is 0 Å². The van der Waals surface area contributed by atoms with Crippen molar-refractivity contribution in [2.75, 3.05) is 23.9 Å². The van der Waals surface area contributed by atoms with Crippen LogP contribution in [0.4, 0.5) is 10.9 Å². The van der Waals surface area contributed by atoms with Crippen LogP contribution in [-0.2, 0) is 33.8 Å². The molecule has 5 aromatic rings. The summed E-state index contributed by atoms with van der Waals surface area (Å²) in [6, 6.07) is 17.6. The Balaban J connectivity index is 1.18. The number of carbonyl (C=O) groups is 3. The van der Waals surface area contributed by atoms with Crippen molar-refractivity contribution in [3.63, 3.8) is 0 Å². The van der Waals surface area contributed by atoms with Crippen LogP contribution in [0.2, 0.25) is 0 Å². The van der Waals surface area contributed by atoms with Gasteiger partial charge in [-0.05, 0) is 95.3 Å². The van der Waals surface area contributed by atoms with E-state index < -0.39 is 11.6 Å². The molecule has 0 saturated heterocycles. The van der Waals surface area contributed by atoms with E-state index in [4.69, 9.17) is 19.6 Å². The molecule has 6 rings (SSSR count). The van der Waals surface area contributed by atoms with Crippen molar-refractivity contribution in [3.8, 4) is 11.1 Å². The number of thiazole rings is 1. The number of fused-ring (bicyclic) bond motifs is 2. The number of aryl methyl sites for hydroxylation is 2. The average Bonchev–Trinajstić information content (AvgIpc) is 3.70. The molecule has 1 aliphatic heterocycles. The molecule has 0 radical (unpaired) electrons. The zero-order chi connectivity index (χ0) is 39.1. The summed E-state index contributed by atoms with van der Waals surface area (Å²) in [5, 5.41) is 8.47. The van der Waals surface area contributed by atoms with Crippen molar-refractivity contribution in [1.82, 2.24) is 19.7 Å². The Hall–Kier alpha value is -5.10. The standard InChI is InChI=1S/C43H52N6O5S/c1-28-38(29(2)49(47-28)25-15-11-9-7-8-10-12-21-37(50)53-6)32-22-23-36(45-39(32)41(52)54-43(3,4)5)48-26-24-30-17-16-18-31(33(30)27-48)40(51)46-42-44-34-19-13-14-20-35(34)55-42/h13-14,16-20,22-23H,7-12,15,21,24-27H2,1-6H3,(H,44,46,51). The highest BCUT2D eigenvalue weighted by atomic mass is 32.1. The van der Waals surface area contributed by atoms with Crippen LogP contribution in [0.5, 0.6) is 0 Å². The Morgan fingerprint density at radius 1 is 0.891 bits per heavy atom. The first-order valence-corrected chi connectivity index (χ1v) is 20.1. The van der Waals surface area contributed by atoms with E-state index in [1.165, 1.54) is 18.4 Å². The number of rotatable bonds is 15. The number of ether oxygens (including phenoxy) is 2. The van der Waals surface area contributed by atoms with E-state index in [1.54, 1.807) is 0 Å². The second kappa shape index (κ2) is 17.6. The van der Waals surface area contributed by atoms with E-state index in [1.807, 2.05) is 87.8 Å². The predicted molar refractivity (Wildman–Crippen MR) is 218 cm³/mol. The van der Waals surface area contributed by atoms with E-state index in [2.05, 4.69) is 21.3 Å². The van der Waals surface area contributed by atoms with Gasteiger partial charge in [-0.3, -0.25) is 19.6 Å². The van der Waals surface area contributed by atoms with Gasteiger partial charge in [-0.15, -0.1) is 0 Å². The zero-order valence-corrected chi connectivity index (χ0v) is 33.7. The van der Waals surface area contributed by atoms with Gasteiger partial charge in [-0.25, -0.2) is 14.8 Å². The monoisotopic (exact) mass is 764 g/mol. The summed E-state index contributed by atoms with van der Waals surface area (Å²) in [4.78, 5) is 50.6. The molecule has 0 unspecified atom stereocenters. The maximum atomic E-state index is 13.9. The van der Waals surface area contributed by atoms with E-state index in [-0.39, 0.29) is 17.6 Å². The van der Waals surface area contributed by atoms with E-state index in [0.717, 1.165) is 96.2 Å². The van der Waals surface area contributed by atoms with Gasteiger partial charge in [0.1, 0.15) is 11.4 Å². The maximum Gasteiger partial charge on any atom is 0.358 e. The molecule has 1 amide bonds. The molecule has 0 fully saturated rings. The quantitative estimate of drug-likeness (QED) is 0.0820. The van der Waals surface area contributed by atoms with Crippen LogP contribution >= 0.6 is 11.3 Å². The van der Waals surface area contributed by atoms with Crippen molar-refractivity contribution in [1.29, 1.82) is 0 Å². The topological polar surface area (TPSA) is 129 Å². The minimum Gasteiger partial charge on any atom is -0.469 e. The minimum atomic E-state index is -0.711. The lowest BCUT2D eigenvalue weighted by Gasteiger charge is -2.31. The summed E-state index contributed by atoms with van der Waals surface area (Å²) in [5.74, 6) is -0.188. The number of carbonyl (C=O) groups excluding carboxylic acids is 3. The van der Waals surface area contributed by atoms with E-state index >= 15 is 0 Å². The molecule has 0 atom stereocenters. The first kappa shape index (κ1) is 39.6. The molecule has 4 heterocycles. The molecule has 55 heavy (non-hydrogen) atoms. The molecule has 0 bridgehead atoms. The second-order valence-corrected chi connectivity index (χ2v) is 16.2. The van der Waals surface area contributed by atoms with Crippen LogP contribution < -0.4 is 10.2 Å². The normalized spacial score (nSPS) is 12.8. The Kier molecular flexibility index (Phi) is 12.7. The van der Waals surface area contributed by atoms with Gasteiger partial charge in [-0.2, -0.15) is 5.10 Å². The third-order valence-corrected chi connectivity index (χ3v) is 10.9. The van der Waals surface area contributed by atoms with Crippen LogP contribution in [0.1, 0.15) is 115 Å². The number of esters is 2. The lowest BCUT2D eigenvalue weighted by atomic mass is 9.94. The van der Waals surface area contributed by atoms with Crippen LogP contribution in [0, 0.1) is 13.8 Å². The van der Waals surface area contributed by atoms with Gasteiger partial charge < -0.3 is 14.4 Å². The number of aromatic nitrogens is 4. The number of benzene rings is 2. The third-order valence-electron chi connectivity index (χ3n) is 9.96. The fourth-order valence-electron chi connectivity index (χ4n) is 7.21. The Labute approximate surface area is 327 Å². The molecule has 1 N–H and O–H groups in total. The molecular formula is C43H52N6O5S. The highest BCUT2D eigenvalue weighted by Gasteiger charge is 2.29. The van der Waals surface area contributed by atoms with E-state index in [9.17, 15) is 14.4 Å². The maximum absolute atomic E-state index is 13.9. The molecule has 290 valence electrons. The van der Waals surface area contributed by atoms with Gasteiger partial charge in [0.05, 0.1) is 23.0 Å². The summed E-state index contributed by atoms with van der Waals surface area (Å²) in [6.07, 6.45) is 8.61. The van der Waals surface area contributed by atoms with Crippen molar-refractivity contribution < 1.29 is 23.9 Å². The average molecular weight is 765 g/mol. The highest BCUT2D eigenvalue weighted by molar-refractivity contribution is 7.22. The number of pyridine rings is 1. The van der Waals surface area contributed by atoms with Gasteiger partial charge in [0.15, 0.2) is 10.8 Å². The summed E-state index contributed by atoms with van der Waals surface area (Å²) in [7, 11) is 1.43. The summed E-state index contributed by atoms with van der Waals surface area (Å²) < 4.78 is 13.7. The molecule has 0 aliphatic carbocycles. The highest BCUT2D eigenvalue weighted by Crippen LogP contribution is 2.34. The van der Waals surface area contributed by atoms with Crippen molar-refractivity contribution >= 4 is 50.3 Å². The number of amides is 1. The molecule has 0 saturated carbocycles. The molecular weight excluding hydrogens is 713 g/mol. The van der Waals surface area contributed by atoms with Crippen molar-refractivity contribution in [3.05, 3.63) is 88.4 Å². The number of methoxy groups -OCH3 is 1. The van der Waals surface area contributed by atoms with Gasteiger partial charge in [0.25, 0.3) is 5.91 Å². The molecule has 2 aromatic carbocycles. The first-order chi connectivity index (χ1) is 26.4. The predicted octanol–water partition coefficient (Wildman–Crippen LogP) is 9.24. The Bertz CT molecular complexity index is 2130. The Morgan fingerprint density at radius 3 is 2.38 bits per heavy atom. The van der Waals surface area contributed by atoms with Gasteiger partial charge >= 0.3 is 11.9 Å². The molecule has 0 spiro atoms. The van der Waals surface area contributed by atoms with Gasteiger partial charge in [0, 0.05) is 48.4 Å². The summed E-state index contributed by atoms with van der Waals surface area (Å²) in [5.41, 5.74) is 6.44. The lowest BCUT2D eigenvalue weighted by molar-refractivity contribution is -0.140. The van der Waals surface area contributed by atoms with E-state index in [0.29, 0.717) is 41.6 Å². The second-order valence-electron chi connectivity index (χ2n) is 15.2. The number of hydrogen-bond donors (Lipinski definition) is 1. The third kappa shape index (κ3) is 9.77. The molecule has 1 aliphatic rings. The molecule has 3 aromatic heterocycles. The lowest BCUT2D eigenvalue weighted by Crippen LogP contribution is -2.33. The Morgan fingerprint density at radius 2 is 1.64 bits per heavy atom. The zero-order valence-electron chi connectivity index (χ0n) is 32.9. The summed E-state index contributed by atoms with van der Waals surface area (Å²) in [6.45, 7) is 11.5. The number of nitrogens with one attached hydrogen (secondary N) is 1. The number of unbranched alkanes of at least 4 members (excludes halogenated alkanes) is 6. The molecule has 11 nitrogen and oxygen atoms in total. The van der Waals surface area contributed by atoms with Crippen LogP contribution in [0.15, 0.2) is 54.6 Å². The number of nitrogens with zero attached hydrogens (tertiary/aromatic N) is 5. The first-order valence-electron chi connectivity index (χ1n) is 19.3. The van der Waals surface area contributed by atoms with Gasteiger partial charge in [-0.1, -0.05) is 67.7 Å². The number of anilines is 2. The SMILES string of the molecule is COC(=O)CCCCCCCCCn1nc(C)c(-c2ccc(N3CCc4cccc(C(=O)Nc5nc6ccccc6s5)c4C3)nc2C(=O)OC(C)(C)C)c1C. The summed E-state index contributed by atoms with van der Waals surface area (Å²) >= 11 is 1.45. The van der Waals surface area contributed by atoms with Crippen molar-refractivity contribution in [2.45, 2.75) is 111 Å². The fraction of sp³-hybridized carbons (Fsp3) is 0.442. The van der Waals surface area contributed by atoms with Crippen molar-refractivity contribution in [2.24, 2.45) is 0 Å². The van der Waals surface area contributed by atoms with Crippen LogP contribution in [0.25, 0.3) is 21.3 Å². The number of para-hydroxylation sites is 1. The molecule has 12 heteroatoms. The van der Waals surface area contributed by atoms with Crippen LogP contribution in [-0.4, -0.2) is 56.8 Å². The van der Waals surface area contributed by atoms with Gasteiger partial charge in [0.2, 0.25) is 0 Å². The minimum absolute atomic E-state index is 0.138.